The Hall–Kier alpha value is -2.66. The number of ether oxygens (including phenoxy) is 1. The summed E-state index contributed by atoms with van der Waals surface area (Å²) in [6, 6.07) is 16.9. The molecule has 1 amide bonds. The number of benzene rings is 2. The smallest absolute Gasteiger partial charge is 0.349 e. The number of carbonyl (C=O) groups excluding carboxylic acids is 2. The van der Waals surface area contributed by atoms with Gasteiger partial charge in [-0.05, 0) is 23.9 Å². The fourth-order valence-corrected chi connectivity index (χ4v) is 3.75. The van der Waals surface area contributed by atoms with E-state index in [0.29, 0.717) is 10.4 Å². The lowest BCUT2D eigenvalue weighted by Gasteiger charge is -2.21. The molecule has 25 heavy (non-hydrogen) atoms. The first-order chi connectivity index (χ1) is 12.0. The molecule has 0 aliphatic rings. The summed E-state index contributed by atoms with van der Waals surface area (Å²) in [6.45, 7) is 1.90. The van der Waals surface area contributed by atoms with Crippen molar-refractivity contribution < 1.29 is 14.3 Å². The van der Waals surface area contributed by atoms with E-state index in [1.807, 2.05) is 49.4 Å². The van der Waals surface area contributed by atoms with E-state index in [2.05, 4.69) is 0 Å². The topological polar surface area (TPSA) is 46.6 Å². The van der Waals surface area contributed by atoms with Gasteiger partial charge in [-0.3, -0.25) is 4.79 Å². The molecule has 4 nitrogen and oxygen atoms in total. The number of thiophene rings is 1. The third kappa shape index (κ3) is 3.42. The summed E-state index contributed by atoms with van der Waals surface area (Å²) in [5.41, 5.74) is 1.54. The summed E-state index contributed by atoms with van der Waals surface area (Å²) < 4.78 is 6.67. The number of hydrogen-bond donors (Lipinski definition) is 0. The largest absolute Gasteiger partial charge is 0.443 e. The zero-order valence-electron chi connectivity index (χ0n) is 14.4. The molecule has 0 aliphatic heterocycles. The van der Waals surface area contributed by atoms with E-state index in [0.717, 1.165) is 15.6 Å². The Morgan fingerprint density at radius 1 is 1.00 bits per heavy atom. The molecule has 1 aromatic heterocycles. The second-order valence-corrected chi connectivity index (χ2v) is 7.03. The van der Waals surface area contributed by atoms with Gasteiger partial charge in [0, 0.05) is 24.4 Å². The van der Waals surface area contributed by atoms with Gasteiger partial charge in [0.05, 0.1) is 0 Å². The summed E-state index contributed by atoms with van der Waals surface area (Å²) in [6.07, 6.45) is -0.951. The molecule has 0 aliphatic carbocycles. The number of aryl methyl sites for hydroxylation is 1. The van der Waals surface area contributed by atoms with Crippen LogP contribution in [0.15, 0.2) is 54.6 Å². The van der Waals surface area contributed by atoms with Gasteiger partial charge in [0.15, 0.2) is 0 Å². The molecule has 5 heteroatoms. The number of nitrogens with zero attached hydrogens (tertiary/aromatic N) is 1. The van der Waals surface area contributed by atoms with Gasteiger partial charge in [0.2, 0.25) is 6.10 Å². The predicted octanol–water partition coefficient (Wildman–Crippen LogP) is 4.20. The Kier molecular flexibility index (Phi) is 4.86. The average molecular weight is 353 g/mol. The van der Waals surface area contributed by atoms with Crippen LogP contribution in [-0.4, -0.2) is 30.9 Å². The summed E-state index contributed by atoms with van der Waals surface area (Å²) >= 11 is 1.39. The standard InChI is InChI=1S/C20H19NO3S/c1-13-15-11-7-8-12-16(15)25-18(13)20(23)24-17(19(22)21(2)3)14-9-5-4-6-10-14/h4-12,17H,1-3H3/t17-/m0/s1. The lowest BCUT2D eigenvalue weighted by Crippen LogP contribution is -2.31. The highest BCUT2D eigenvalue weighted by molar-refractivity contribution is 7.21. The minimum Gasteiger partial charge on any atom is -0.443 e. The molecule has 0 saturated heterocycles. The molecular formula is C20H19NO3S. The first-order valence-electron chi connectivity index (χ1n) is 7.94. The second kappa shape index (κ2) is 7.07. The molecule has 0 radical (unpaired) electrons. The van der Waals surface area contributed by atoms with E-state index in [4.69, 9.17) is 4.74 Å². The van der Waals surface area contributed by atoms with Crippen molar-refractivity contribution in [1.29, 1.82) is 0 Å². The molecule has 2 aromatic carbocycles. The predicted molar refractivity (Wildman–Crippen MR) is 99.9 cm³/mol. The van der Waals surface area contributed by atoms with Crippen LogP contribution in [0.1, 0.15) is 26.9 Å². The van der Waals surface area contributed by atoms with Gasteiger partial charge >= 0.3 is 5.97 Å². The van der Waals surface area contributed by atoms with Crippen LogP contribution in [0.25, 0.3) is 10.1 Å². The van der Waals surface area contributed by atoms with E-state index >= 15 is 0 Å². The molecule has 1 heterocycles. The highest BCUT2D eigenvalue weighted by Gasteiger charge is 2.28. The first kappa shape index (κ1) is 17.2. The summed E-state index contributed by atoms with van der Waals surface area (Å²) in [4.78, 5) is 27.3. The fraction of sp³-hybridized carbons (Fsp3) is 0.200. The van der Waals surface area contributed by atoms with E-state index in [1.54, 1.807) is 26.2 Å². The number of likely N-dealkylation sites (N-methyl/N-ethyl adjacent to an activating group) is 1. The van der Waals surface area contributed by atoms with Gasteiger partial charge < -0.3 is 9.64 Å². The van der Waals surface area contributed by atoms with Crippen molar-refractivity contribution in [3.05, 3.63) is 70.6 Å². The number of hydrogen-bond acceptors (Lipinski definition) is 4. The highest BCUT2D eigenvalue weighted by atomic mass is 32.1. The van der Waals surface area contributed by atoms with Crippen LogP contribution in [-0.2, 0) is 9.53 Å². The Labute approximate surface area is 150 Å². The van der Waals surface area contributed by atoms with Crippen LogP contribution in [0, 0.1) is 6.92 Å². The molecule has 0 bridgehead atoms. The van der Waals surface area contributed by atoms with Crippen LogP contribution in [0.5, 0.6) is 0 Å². The molecule has 1 atom stereocenters. The van der Waals surface area contributed by atoms with Crippen molar-refractivity contribution in [2.24, 2.45) is 0 Å². The first-order valence-corrected chi connectivity index (χ1v) is 8.76. The lowest BCUT2D eigenvalue weighted by atomic mass is 10.1. The van der Waals surface area contributed by atoms with Crippen LogP contribution >= 0.6 is 11.3 Å². The van der Waals surface area contributed by atoms with Gasteiger partial charge in [0.25, 0.3) is 5.91 Å². The Morgan fingerprint density at radius 2 is 1.64 bits per heavy atom. The van der Waals surface area contributed by atoms with Gasteiger partial charge in [-0.1, -0.05) is 48.5 Å². The van der Waals surface area contributed by atoms with Crippen LogP contribution < -0.4 is 0 Å². The van der Waals surface area contributed by atoms with E-state index in [9.17, 15) is 9.59 Å². The Balaban J connectivity index is 1.94. The van der Waals surface area contributed by atoms with E-state index in [1.165, 1.54) is 16.2 Å². The second-order valence-electron chi connectivity index (χ2n) is 5.98. The maximum atomic E-state index is 12.8. The number of carbonyl (C=O) groups is 2. The summed E-state index contributed by atoms with van der Waals surface area (Å²) in [7, 11) is 3.30. The zero-order valence-corrected chi connectivity index (χ0v) is 15.2. The molecule has 0 saturated carbocycles. The van der Waals surface area contributed by atoms with Crippen molar-refractivity contribution in [3.63, 3.8) is 0 Å². The Bertz CT molecular complexity index is 915. The molecule has 0 spiro atoms. The fourth-order valence-electron chi connectivity index (χ4n) is 2.65. The number of rotatable bonds is 4. The van der Waals surface area contributed by atoms with Gasteiger partial charge in [0.1, 0.15) is 4.88 Å². The van der Waals surface area contributed by atoms with Crippen molar-refractivity contribution in [2.75, 3.05) is 14.1 Å². The zero-order chi connectivity index (χ0) is 18.0. The minimum atomic E-state index is -0.951. The SMILES string of the molecule is Cc1c(C(=O)O[C@H](C(=O)N(C)C)c2ccccc2)sc2ccccc12. The molecule has 3 rings (SSSR count). The van der Waals surface area contributed by atoms with Crippen molar-refractivity contribution in [3.8, 4) is 0 Å². The van der Waals surface area contributed by atoms with Crippen LogP contribution in [0.4, 0.5) is 0 Å². The minimum absolute atomic E-state index is 0.265. The van der Waals surface area contributed by atoms with E-state index < -0.39 is 12.1 Å². The van der Waals surface area contributed by atoms with Gasteiger partial charge in [-0.25, -0.2) is 4.79 Å². The van der Waals surface area contributed by atoms with Gasteiger partial charge in [-0.15, -0.1) is 11.3 Å². The molecular weight excluding hydrogens is 334 g/mol. The lowest BCUT2D eigenvalue weighted by molar-refractivity contribution is -0.138. The molecule has 0 unspecified atom stereocenters. The number of amides is 1. The average Bonchev–Trinajstić information content (AvgIpc) is 2.97. The van der Waals surface area contributed by atoms with Crippen molar-refractivity contribution >= 4 is 33.3 Å². The van der Waals surface area contributed by atoms with Crippen LogP contribution in [0.2, 0.25) is 0 Å². The molecule has 0 N–H and O–H groups in total. The normalized spacial score (nSPS) is 12.0. The third-order valence-electron chi connectivity index (χ3n) is 4.02. The number of fused-ring (bicyclic) bond motifs is 1. The monoisotopic (exact) mass is 353 g/mol. The highest BCUT2D eigenvalue weighted by Crippen LogP contribution is 2.32. The maximum Gasteiger partial charge on any atom is 0.349 e. The van der Waals surface area contributed by atoms with Crippen LogP contribution in [0.3, 0.4) is 0 Å². The number of esters is 1. The van der Waals surface area contributed by atoms with Gasteiger partial charge in [-0.2, -0.15) is 0 Å². The summed E-state index contributed by atoms with van der Waals surface area (Å²) in [5.74, 6) is -0.735. The quantitative estimate of drug-likeness (QED) is 0.661. The van der Waals surface area contributed by atoms with E-state index in [-0.39, 0.29) is 5.91 Å². The molecule has 128 valence electrons. The van der Waals surface area contributed by atoms with Crippen molar-refractivity contribution in [2.45, 2.75) is 13.0 Å². The molecule has 3 aromatic rings. The van der Waals surface area contributed by atoms with Crippen molar-refractivity contribution in [1.82, 2.24) is 4.90 Å². The molecule has 0 fully saturated rings. The maximum absolute atomic E-state index is 12.8. The summed E-state index contributed by atoms with van der Waals surface area (Å²) in [5, 5.41) is 1.04. The Morgan fingerprint density at radius 3 is 2.28 bits per heavy atom. The third-order valence-corrected chi connectivity index (χ3v) is 5.27.